The third kappa shape index (κ3) is 41.2. The molecule has 0 aromatic rings. The number of unbranched alkanes of at least 4 members (excludes halogenated alkanes) is 18. The fourth-order valence-electron chi connectivity index (χ4n) is 5.85. The minimum atomic E-state index is -4.29. The molecule has 9 heteroatoms. The Hall–Kier alpha value is -2.25. The Morgan fingerprint density at radius 2 is 0.927 bits per heavy atom. The van der Waals surface area contributed by atoms with E-state index in [-0.39, 0.29) is 32.0 Å². The zero-order chi connectivity index (χ0) is 40.3. The second kappa shape index (κ2) is 41.4. The molecule has 1 N–H and O–H groups in total. The number of hydrogen-bond acceptors (Lipinski definition) is 7. The summed E-state index contributed by atoms with van der Waals surface area (Å²) >= 11 is 0. The van der Waals surface area contributed by atoms with Gasteiger partial charge in [0, 0.05) is 12.8 Å². The van der Waals surface area contributed by atoms with Gasteiger partial charge in [-0.3, -0.25) is 18.6 Å². The topological polar surface area (TPSA) is 108 Å². The maximum atomic E-state index is 12.6. The van der Waals surface area contributed by atoms with Gasteiger partial charge < -0.3 is 14.4 Å². The van der Waals surface area contributed by atoms with Crippen LogP contribution in [0.2, 0.25) is 0 Å². The van der Waals surface area contributed by atoms with E-state index in [2.05, 4.69) is 74.6 Å². The molecular formula is C46H81O8P. The van der Waals surface area contributed by atoms with Gasteiger partial charge in [-0.1, -0.05) is 158 Å². The van der Waals surface area contributed by atoms with Crippen molar-refractivity contribution < 1.29 is 37.6 Å². The second-order valence-electron chi connectivity index (χ2n) is 14.3. The SMILES string of the molecule is CC/C=C\C/C=C\C/C=C\C/C=C\CCCCCCCCC(=O)OC(COC(=O)CCCCCCC/C=C\CCCCCCCCC)COP(=O)(O)OCC. The summed E-state index contributed by atoms with van der Waals surface area (Å²) in [5, 5.41) is 0. The van der Waals surface area contributed by atoms with Crippen LogP contribution in [0.5, 0.6) is 0 Å². The number of rotatable bonds is 40. The van der Waals surface area contributed by atoms with Crippen LogP contribution >= 0.6 is 7.82 Å². The number of esters is 2. The third-order valence-corrected chi connectivity index (χ3v) is 10.1. The van der Waals surface area contributed by atoms with Gasteiger partial charge >= 0.3 is 19.8 Å². The molecule has 0 aromatic carbocycles. The van der Waals surface area contributed by atoms with Crippen LogP contribution in [0.3, 0.4) is 0 Å². The molecule has 0 bridgehead atoms. The fraction of sp³-hybridized carbons (Fsp3) is 0.739. The smallest absolute Gasteiger partial charge is 0.462 e. The van der Waals surface area contributed by atoms with E-state index in [0.717, 1.165) is 103 Å². The predicted molar refractivity (Wildman–Crippen MR) is 230 cm³/mol. The van der Waals surface area contributed by atoms with Gasteiger partial charge in [0.25, 0.3) is 0 Å². The van der Waals surface area contributed by atoms with Gasteiger partial charge in [0.1, 0.15) is 6.61 Å². The van der Waals surface area contributed by atoms with Gasteiger partial charge in [-0.15, -0.1) is 0 Å². The quantitative estimate of drug-likeness (QED) is 0.0283. The van der Waals surface area contributed by atoms with Gasteiger partial charge in [0.2, 0.25) is 0 Å². The summed E-state index contributed by atoms with van der Waals surface area (Å²) in [5.41, 5.74) is 0. The van der Waals surface area contributed by atoms with Crippen molar-refractivity contribution >= 4 is 19.8 Å². The van der Waals surface area contributed by atoms with Gasteiger partial charge in [0.15, 0.2) is 6.10 Å². The summed E-state index contributed by atoms with van der Waals surface area (Å²) in [6.07, 6.45) is 49.8. The van der Waals surface area contributed by atoms with E-state index in [9.17, 15) is 19.0 Å². The summed E-state index contributed by atoms with van der Waals surface area (Å²) in [7, 11) is -4.29. The minimum Gasteiger partial charge on any atom is -0.462 e. The molecule has 55 heavy (non-hydrogen) atoms. The molecule has 2 atom stereocenters. The molecule has 0 saturated carbocycles. The van der Waals surface area contributed by atoms with Crippen LogP contribution in [0.25, 0.3) is 0 Å². The van der Waals surface area contributed by atoms with Crippen molar-refractivity contribution in [3.05, 3.63) is 60.8 Å². The molecular weight excluding hydrogens is 711 g/mol. The molecule has 318 valence electrons. The second-order valence-corrected chi connectivity index (χ2v) is 15.8. The predicted octanol–water partition coefficient (Wildman–Crippen LogP) is 13.9. The van der Waals surface area contributed by atoms with Gasteiger partial charge in [-0.2, -0.15) is 0 Å². The van der Waals surface area contributed by atoms with Crippen molar-refractivity contribution in [2.24, 2.45) is 0 Å². The number of allylic oxidation sites excluding steroid dienone is 10. The van der Waals surface area contributed by atoms with Crippen molar-refractivity contribution in [2.45, 2.75) is 200 Å². The van der Waals surface area contributed by atoms with Crippen molar-refractivity contribution in [3.8, 4) is 0 Å². The molecule has 0 spiro atoms. The third-order valence-electron chi connectivity index (χ3n) is 9.06. The van der Waals surface area contributed by atoms with Crippen molar-refractivity contribution in [2.75, 3.05) is 19.8 Å². The number of phosphoric ester groups is 1. The number of carbonyl (C=O) groups excluding carboxylic acids is 2. The lowest BCUT2D eigenvalue weighted by molar-refractivity contribution is -0.161. The molecule has 0 aliphatic carbocycles. The maximum Gasteiger partial charge on any atom is 0.472 e. The Balaban J connectivity index is 4.12. The van der Waals surface area contributed by atoms with Crippen LogP contribution in [0.15, 0.2) is 60.8 Å². The van der Waals surface area contributed by atoms with Crippen LogP contribution in [-0.2, 0) is 32.7 Å². The summed E-state index contributed by atoms with van der Waals surface area (Å²) < 4.78 is 32.6. The molecule has 0 fully saturated rings. The number of carbonyl (C=O) groups is 2. The van der Waals surface area contributed by atoms with Gasteiger partial charge in [-0.25, -0.2) is 4.57 Å². The van der Waals surface area contributed by atoms with E-state index in [1.54, 1.807) is 6.92 Å². The molecule has 0 amide bonds. The summed E-state index contributed by atoms with van der Waals surface area (Å²) in [6, 6.07) is 0. The molecule has 0 aromatic heterocycles. The van der Waals surface area contributed by atoms with Crippen LogP contribution in [-0.4, -0.2) is 42.8 Å². The fourth-order valence-corrected chi connectivity index (χ4v) is 6.61. The first kappa shape index (κ1) is 52.8. The van der Waals surface area contributed by atoms with Crippen molar-refractivity contribution in [3.63, 3.8) is 0 Å². The maximum absolute atomic E-state index is 12.6. The molecule has 0 aliphatic heterocycles. The van der Waals surface area contributed by atoms with Crippen LogP contribution < -0.4 is 0 Å². The zero-order valence-corrected chi connectivity index (χ0v) is 36.2. The average Bonchev–Trinajstić information content (AvgIpc) is 3.16. The Morgan fingerprint density at radius 3 is 1.42 bits per heavy atom. The zero-order valence-electron chi connectivity index (χ0n) is 35.3. The van der Waals surface area contributed by atoms with Crippen LogP contribution in [0.4, 0.5) is 0 Å². The van der Waals surface area contributed by atoms with E-state index < -0.39 is 26.5 Å². The van der Waals surface area contributed by atoms with Crippen molar-refractivity contribution in [1.29, 1.82) is 0 Å². The first-order valence-corrected chi connectivity index (χ1v) is 23.6. The van der Waals surface area contributed by atoms with Gasteiger partial charge in [-0.05, 0) is 84.0 Å². The highest BCUT2D eigenvalue weighted by molar-refractivity contribution is 7.47. The van der Waals surface area contributed by atoms with E-state index >= 15 is 0 Å². The molecule has 0 rings (SSSR count). The highest BCUT2D eigenvalue weighted by Gasteiger charge is 2.25. The summed E-state index contributed by atoms with van der Waals surface area (Å²) in [6.45, 7) is 5.33. The average molecular weight is 793 g/mol. The monoisotopic (exact) mass is 793 g/mol. The molecule has 0 aliphatic rings. The Labute approximate surface area is 337 Å². The lowest BCUT2D eigenvalue weighted by Gasteiger charge is -2.19. The van der Waals surface area contributed by atoms with E-state index in [0.29, 0.717) is 6.42 Å². The first-order valence-electron chi connectivity index (χ1n) is 22.1. The first-order chi connectivity index (χ1) is 26.8. The Kier molecular flexibility index (Phi) is 39.7. The summed E-state index contributed by atoms with van der Waals surface area (Å²) in [4.78, 5) is 34.8. The van der Waals surface area contributed by atoms with E-state index in [1.165, 1.54) is 51.4 Å². The molecule has 8 nitrogen and oxygen atoms in total. The van der Waals surface area contributed by atoms with Gasteiger partial charge in [0.05, 0.1) is 13.2 Å². The Bertz CT molecular complexity index is 1080. The van der Waals surface area contributed by atoms with Crippen molar-refractivity contribution in [1.82, 2.24) is 0 Å². The Morgan fingerprint density at radius 1 is 0.509 bits per heavy atom. The molecule has 2 unspecified atom stereocenters. The van der Waals surface area contributed by atoms with Crippen LogP contribution in [0.1, 0.15) is 194 Å². The molecule has 0 heterocycles. The number of ether oxygens (including phenoxy) is 2. The highest BCUT2D eigenvalue weighted by Crippen LogP contribution is 2.43. The minimum absolute atomic E-state index is 0.00629. The number of phosphoric acid groups is 1. The highest BCUT2D eigenvalue weighted by atomic mass is 31.2. The lowest BCUT2D eigenvalue weighted by Crippen LogP contribution is -2.29. The largest absolute Gasteiger partial charge is 0.472 e. The summed E-state index contributed by atoms with van der Waals surface area (Å²) in [5.74, 6) is -0.825. The molecule has 0 radical (unpaired) electrons. The molecule has 0 saturated heterocycles. The van der Waals surface area contributed by atoms with Crippen LogP contribution in [0, 0.1) is 0 Å². The van der Waals surface area contributed by atoms with E-state index in [1.807, 2.05) is 0 Å². The normalized spacial score (nSPS) is 13.9. The van der Waals surface area contributed by atoms with E-state index in [4.69, 9.17) is 18.5 Å². The lowest BCUT2D eigenvalue weighted by atomic mass is 10.1. The number of hydrogen-bond donors (Lipinski definition) is 1. The standard InChI is InChI=1S/C46H81O8P/c1-4-7-9-11-13-15-17-19-21-23-24-25-27-29-31-33-35-37-39-41-46(48)54-44(43-53-55(49,50)52-6-3)42-51-45(47)40-38-36-34-32-30-28-26-22-20-18-16-14-12-10-8-5-2/h7,9,13,15,19,21-22,24-26,44H,4-6,8,10-12,14,16-18,20,23,27-43H2,1-3H3,(H,49,50)/b9-7-,15-13-,21-19-,25-24-,26-22-.